The maximum atomic E-state index is 11.5. The molecular formula is C21H16N2O2. The molecule has 2 aromatic heterocycles. The molecular weight excluding hydrogens is 312 g/mol. The molecule has 0 radical (unpaired) electrons. The number of fused-ring (bicyclic) bond motifs is 1. The van der Waals surface area contributed by atoms with Crippen LogP contribution in [0.25, 0.3) is 22.0 Å². The fraction of sp³-hybridized carbons (Fsp3) is 0.0476. The van der Waals surface area contributed by atoms with Crippen LogP contribution in [0.4, 0.5) is 0 Å². The SMILES string of the molecule is O=C(O)c1cccc2ccn(Cc3ccc(-c4ccncc4)cc3)c12. The van der Waals surface area contributed by atoms with E-state index in [4.69, 9.17) is 0 Å². The quantitative estimate of drug-likeness (QED) is 0.602. The van der Waals surface area contributed by atoms with Crippen molar-refractivity contribution in [3.8, 4) is 11.1 Å². The van der Waals surface area contributed by atoms with Gasteiger partial charge in [0.05, 0.1) is 11.1 Å². The number of aromatic carboxylic acids is 1. The van der Waals surface area contributed by atoms with E-state index in [1.165, 1.54) is 0 Å². The van der Waals surface area contributed by atoms with Gasteiger partial charge in [0.1, 0.15) is 0 Å². The van der Waals surface area contributed by atoms with Gasteiger partial charge in [-0.05, 0) is 41.0 Å². The van der Waals surface area contributed by atoms with Crippen molar-refractivity contribution in [3.05, 3.63) is 90.4 Å². The average Bonchev–Trinajstić information content (AvgIpc) is 3.06. The Balaban J connectivity index is 1.67. The predicted molar refractivity (Wildman–Crippen MR) is 97.7 cm³/mol. The van der Waals surface area contributed by atoms with Crippen molar-refractivity contribution in [1.29, 1.82) is 0 Å². The van der Waals surface area contributed by atoms with Crippen LogP contribution in [0.1, 0.15) is 15.9 Å². The van der Waals surface area contributed by atoms with Gasteiger partial charge in [-0.3, -0.25) is 4.98 Å². The van der Waals surface area contributed by atoms with Crippen molar-refractivity contribution in [2.75, 3.05) is 0 Å². The maximum Gasteiger partial charge on any atom is 0.337 e. The summed E-state index contributed by atoms with van der Waals surface area (Å²) >= 11 is 0. The van der Waals surface area contributed by atoms with Gasteiger partial charge in [-0.25, -0.2) is 4.79 Å². The number of carboxylic acid groups (broad SMARTS) is 1. The molecule has 0 aliphatic carbocycles. The first kappa shape index (κ1) is 15.1. The number of nitrogens with zero attached hydrogens (tertiary/aromatic N) is 2. The lowest BCUT2D eigenvalue weighted by Gasteiger charge is -2.09. The summed E-state index contributed by atoms with van der Waals surface area (Å²) in [5.74, 6) is -0.904. The van der Waals surface area contributed by atoms with Crippen molar-refractivity contribution in [2.45, 2.75) is 6.54 Å². The average molecular weight is 328 g/mol. The van der Waals surface area contributed by atoms with Crippen LogP contribution in [0.3, 0.4) is 0 Å². The first-order valence-electron chi connectivity index (χ1n) is 8.03. The minimum absolute atomic E-state index is 0.330. The van der Waals surface area contributed by atoms with Crippen molar-refractivity contribution in [1.82, 2.24) is 9.55 Å². The molecule has 0 unspecified atom stereocenters. The van der Waals surface area contributed by atoms with Crippen molar-refractivity contribution in [2.24, 2.45) is 0 Å². The maximum absolute atomic E-state index is 11.5. The predicted octanol–water partition coefficient (Wildman–Crippen LogP) is 4.45. The van der Waals surface area contributed by atoms with E-state index in [2.05, 4.69) is 29.2 Å². The normalized spacial score (nSPS) is 10.9. The van der Waals surface area contributed by atoms with Crippen LogP contribution in [-0.2, 0) is 6.54 Å². The summed E-state index contributed by atoms with van der Waals surface area (Å²) in [7, 11) is 0. The Morgan fingerprint density at radius 3 is 2.36 bits per heavy atom. The number of rotatable bonds is 4. The Kier molecular flexibility index (Phi) is 3.78. The summed E-state index contributed by atoms with van der Waals surface area (Å²) in [5, 5.41) is 10.4. The van der Waals surface area contributed by atoms with Crippen LogP contribution in [0.2, 0.25) is 0 Å². The highest BCUT2D eigenvalue weighted by Gasteiger charge is 2.12. The molecule has 4 heteroatoms. The number of benzene rings is 2. The first-order chi connectivity index (χ1) is 12.2. The van der Waals surface area contributed by atoms with Crippen molar-refractivity contribution < 1.29 is 9.90 Å². The monoisotopic (exact) mass is 328 g/mol. The minimum atomic E-state index is -0.904. The van der Waals surface area contributed by atoms with Gasteiger partial charge in [-0.2, -0.15) is 0 Å². The van der Waals surface area contributed by atoms with E-state index in [1.807, 2.05) is 35.0 Å². The molecule has 0 spiro atoms. The second kappa shape index (κ2) is 6.24. The summed E-state index contributed by atoms with van der Waals surface area (Å²) in [6.45, 7) is 0.629. The van der Waals surface area contributed by atoms with Crippen LogP contribution >= 0.6 is 0 Å². The van der Waals surface area contributed by atoms with Gasteiger partial charge < -0.3 is 9.67 Å². The zero-order valence-electron chi connectivity index (χ0n) is 13.5. The van der Waals surface area contributed by atoms with Crippen LogP contribution in [0, 0.1) is 0 Å². The van der Waals surface area contributed by atoms with Gasteiger partial charge in [0.25, 0.3) is 0 Å². The van der Waals surface area contributed by atoms with E-state index in [9.17, 15) is 9.90 Å². The van der Waals surface area contributed by atoms with Gasteiger partial charge >= 0.3 is 5.97 Å². The fourth-order valence-electron chi connectivity index (χ4n) is 3.11. The highest BCUT2D eigenvalue weighted by Crippen LogP contribution is 2.23. The molecule has 4 rings (SSSR count). The van der Waals surface area contributed by atoms with Gasteiger partial charge in [0.2, 0.25) is 0 Å². The van der Waals surface area contributed by atoms with E-state index in [0.717, 1.165) is 27.6 Å². The number of pyridine rings is 1. The second-order valence-electron chi connectivity index (χ2n) is 5.93. The highest BCUT2D eigenvalue weighted by molar-refractivity contribution is 6.02. The summed E-state index contributed by atoms with van der Waals surface area (Å²) < 4.78 is 1.99. The van der Waals surface area contributed by atoms with Crippen LogP contribution < -0.4 is 0 Å². The van der Waals surface area contributed by atoms with Crippen molar-refractivity contribution in [3.63, 3.8) is 0 Å². The Labute approximate surface area is 145 Å². The number of carbonyl (C=O) groups is 1. The molecule has 0 atom stereocenters. The lowest BCUT2D eigenvalue weighted by atomic mass is 10.1. The molecule has 0 aliphatic rings. The molecule has 0 fully saturated rings. The number of para-hydroxylation sites is 1. The Hall–Kier alpha value is -3.40. The summed E-state index contributed by atoms with van der Waals surface area (Å²) in [6, 6.07) is 19.6. The van der Waals surface area contributed by atoms with Gasteiger partial charge in [-0.15, -0.1) is 0 Å². The molecule has 25 heavy (non-hydrogen) atoms. The lowest BCUT2D eigenvalue weighted by Crippen LogP contribution is -2.04. The van der Waals surface area contributed by atoms with E-state index < -0.39 is 5.97 Å². The Morgan fingerprint density at radius 2 is 1.64 bits per heavy atom. The van der Waals surface area contributed by atoms with Gasteiger partial charge in [-0.1, -0.05) is 36.4 Å². The molecule has 0 saturated carbocycles. The molecule has 122 valence electrons. The largest absolute Gasteiger partial charge is 0.478 e. The minimum Gasteiger partial charge on any atom is -0.478 e. The summed E-state index contributed by atoms with van der Waals surface area (Å²) in [6.07, 6.45) is 5.50. The molecule has 0 amide bonds. The summed E-state index contributed by atoms with van der Waals surface area (Å²) in [5.41, 5.74) is 4.47. The topological polar surface area (TPSA) is 55.1 Å². The Bertz CT molecular complexity index is 1030. The molecule has 2 aromatic carbocycles. The smallest absolute Gasteiger partial charge is 0.337 e. The van der Waals surface area contributed by atoms with Crippen molar-refractivity contribution >= 4 is 16.9 Å². The third-order valence-corrected chi connectivity index (χ3v) is 4.34. The second-order valence-corrected chi connectivity index (χ2v) is 5.93. The van der Waals surface area contributed by atoms with E-state index in [0.29, 0.717) is 12.1 Å². The molecule has 0 aliphatic heterocycles. The molecule has 4 nitrogen and oxygen atoms in total. The Morgan fingerprint density at radius 1 is 0.920 bits per heavy atom. The van der Waals surface area contributed by atoms with E-state index in [1.54, 1.807) is 24.5 Å². The third kappa shape index (κ3) is 2.90. The molecule has 0 bridgehead atoms. The zero-order valence-corrected chi connectivity index (χ0v) is 13.5. The van der Waals surface area contributed by atoms with E-state index >= 15 is 0 Å². The fourth-order valence-corrected chi connectivity index (χ4v) is 3.11. The van der Waals surface area contributed by atoms with Crippen LogP contribution in [0.5, 0.6) is 0 Å². The van der Waals surface area contributed by atoms with Crippen LogP contribution in [-0.4, -0.2) is 20.6 Å². The van der Waals surface area contributed by atoms with E-state index in [-0.39, 0.29) is 0 Å². The molecule has 0 saturated heterocycles. The number of carboxylic acids is 1. The van der Waals surface area contributed by atoms with Gasteiger partial charge in [0.15, 0.2) is 0 Å². The number of hydrogen-bond donors (Lipinski definition) is 1. The first-order valence-corrected chi connectivity index (χ1v) is 8.03. The standard InChI is InChI=1S/C21H16N2O2/c24-21(25)19-3-1-2-18-10-13-23(20(18)19)14-15-4-6-16(7-5-15)17-8-11-22-12-9-17/h1-13H,14H2,(H,24,25). The number of aromatic nitrogens is 2. The number of hydrogen-bond acceptors (Lipinski definition) is 2. The van der Waals surface area contributed by atoms with Gasteiger partial charge in [0, 0.05) is 30.5 Å². The molecule has 1 N–H and O–H groups in total. The highest BCUT2D eigenvalue weighted by atomic mass is 16.4. The lowest BCUT2D eigenvalue weighted by molar-refractivity contribution is 0.0698. The molecule has 4 aromatic rings. The zero-order chi connectivity index (χ0) is 17.2. The summed E-state index contributed by atoms with van der Waals surface area (Å²) in [4.78, 5) is 15.5. The van der Waals surface area contributed by atoms with Crippen LogP contribution in [0.15, 0.2) is 79.3 Å². The molecule has 2 heterocycles. The third-order valence-electron chi connectivity index (χ3n) is 4.34.